The summed E-state index contributed by atoms with van der Waals surface area (Å²) in [5.74, 6) is -1.67. The Morgan fingerprint density at radius 3 is 2.38 bits per heavy atom. The minimum absolute atomic E-state index is 0.172. The molecule has 1 aliphatic rings. The van der Waals surface area contributed by atoms with Gasteiger partial charge in [0, 0.05) is 22.9 Å². The predicted octanol–water partition coefficient (Wildman–Crippen LogP) is 8.25. The lowest BCUT2D eigenvalue weighted by Crippen LogP contribution is -2.48. The third-order valence-corrected chi connectivity index (χ3v) is 9.88. The molecule has 3 heterocycles. The standard InChI is InChI=1S/C29H32Cl2FN3O7S3/c1-28(2,3)41-26(36)34-11-7-8-17(22-9-10-24(31)44-22)20(34)14-40-21-13-19(32)23(12-18(21)30)45(38,39)35(25-15-43-16-33-25)27(37)42-29(4,5)6/h8-10,12-13,15-16,20H,7,11,14H2,1-6H3. The number of carbonyl (C=O) groups excluding carboxylic acids is 2. The van der Waals surface area contributed by atoms with Gasteiger partial charge in [-0.05, 0) is 71.7 Å². The maximum absolute atomic E-state index is 15.6. The maximum atomic E-state index is 15.6. The van der Waals surface area contributed by atoms with E-state index in [1.807, 2.05) is 12.1 Å². The summed E-state index contributed by atoms with van der Waals surface area (Å²) in [6.07, 6.45) is 0.693. The quantitative estimate of drug-likeness (QED) is 0.240. The third kappa shape index (κ3) is 8.47. The SMILES string of the molecule is CC(C)(C)OC(=O)N1CCC=C(c2ccc(Cl)s2)C1COc1cc(F)c(S(=O)(=O)N(C(=O)OC(C)(C)C)c2cscn2)cc1Cl. The fraction of sp³-hybridized carbons (Fsp3) is 0.414. The van der Waals surface area contributed by atoms with Gasteiger partial charge in [0.1, 0.15) is 34.3 Å². The van der Waals surface area contributed by atoms with E-state index >= 15 is 4.39 Å². The highest BCUT2D eigenvalue weighted by Crippen LogP contribution is 2.37. The molecule has 0 bridgehead atoms. The Balaban J connectivity index is 1.66. The summed E-state index contributed by atoms with van der Waals surface area (Å²) in [5.41, 5.74) is 0.274. The van der Waals surface area contributed by atoms with Crippen molar-refractivity contribution in [2.45, 2.75) is 70.1 Å². The number of ether oxygens (including phenoxy) is 3. The van der Waals surface area contributed by atoms with E-state index < -0.39 is 50.2 Å². The van der Waals surface area contributed by atoms with Crippen LogP contribution in [0.5, 0.6) is 5.75 Å². The average Bonchev–Trinajstić information content (AvgIpc) is 3.58. The number of thiophene rings is 1. The van der Waals surface area contributed by atoms with E-state index in [9.17, 15) is 18.0 Å². The molecule has 1 aliphatic heterocycles. The Bertz CT molecular complexity index is 1700. The first-order chi connectivity index (χ1) is 20.9. The van der Waals surface area contributed by atoms with Crippen LogP contribution < -0.4 is 9.04 Å². The number of carbonyl (C=O) groups is 2. The lowest BCUT2D eigenvalue weighted by Gasteiger charge is -2.37. The Morgan fingerprint density at radius 2 is 1.80 bits per heavy atom. The maximum Gasteiger partial charge on any atom is 0.430 e. The van der Waals surface area contributed by atoms with Crippen molar-refractivity contribution in [1.29, 1.82) is 0 Å². The molecule has 244 valence electrons. The van der Waals surface area contributed by atoms with Gasteiger partial charge in [0.05, 0.1) is 20.9 Å². The average molecular weight is 721 g/mol. The zero-order valence-electron chi connectivity index (χ0n) is 25.3. The van der Waals surface area contributed by atoms with Gasteiger partial charge in [-0.15, -0.1) is 27.0 Å². The molecule has 45 heavy (non-hydrogen) atoms. The second-order valence-corrected chi connectivity index (χ2v) is 16.5. The fourth-order valence-corrected chi connectivity index (χ4v) is 7.63. The number of nitrogens with zero attached hydrogens (tertiary/aromatic N) is 3. The number of benzene rings is 1. The molecule has 0 fully saturated rings. The van der Waals surface area contributed by atoms with Crippen molar-refractivity contribution in [2.75, 3.05) is 17.5 Å². The van der Waals surface area contributed by atoms with Gasteiger partial charge in [0.15, 0.2) is 5.82 Å². The number of aromatic nitrogens is 1. The van der Waals surface area contributed by atoms with Crippen molar-refractivity contribution in [3.8, 4) is 5.75 Å². The summed E-state index contributed by atoms with van der Waals surface area (Å²) in [5, 5.41) is 1.06. The van der Waals surface area contributed by atoms with Gasteiger partial charge in [-0.25, -0.2) is 27.4 Å². The highest BCUT2D eigenvalue weighted by molar-refractivity contribution is 7.93. The zero-order valence-corrected chi connectivity index (χ0v) is 29.3. The summed E-state index contributed by atoms with van der Waals surface area (Å²) in [6, 6.07) is 4.57. The lowest BCUT2D eigenvalue weighted by molar-refractivity contribution is 0.0162. The number of halogens is 3. The van der Waals surface area contributed by atoms with E-state index in [2.05, 4.69) is 4.98 Å². The van der Waals surface area contributed by atoms with Crippen LogP contribution >= 0.6 is 45.9 Å². The summed E-state index contributed by atoms with van der Waals surface area (Å²) >= 11 is 15.0. The largest absolute Gasteiger partial charge is 0.489 e. The summed E-state index contributed by atoms with van der Waals surface area (Å²) in [6.45, 7) is 10.1. The molecule has 16 heteroatoms. The molecule has 1 atom stereocenters. The van der Waals surface area contributed by atoms with Gasteiger partial charge in [-0.2, -0.15) is 0 Å². The molecule has 4 rings (SSSR count). The fourth-order valence-electron chi connectivity index (χ4n) is 4.28. The van der Waals surface area contributed by atoms with Crippen LogP contribution in [0, 0.1) is 5.82 Å². The first-order valence-corrected chi connectivity index (χ1v) is 17.6. The van der Waals surface area contributed by atoms with E-state index in [1.165, 1.54) is 27.1 Å². The molecule has 2 aromatic heterocycles. The lowest BCUT2D eigenvalue weighted by atomic mass is 9.99. The minimum Gasteiger partial charge on any atom is -0.489 e. The molecule has 0 saturated carbocycles. The van der Waals surface area contributed by atoms with Gasteiger partial charge in [0.2, 0.25) is 0 Å². The Kier molecular flexibility index (Phi) is 10.4. The van der Waals surface area contributed by atoms with Gasteiger partial charge < -0.3 is 14.2 Å². The number of amides is 2. The van der Waals surface area contributed by atoms with Crippen molar-refractivity contribution in [2.24, 2.45) is 0 Å². The number of rotatable bonds is 7. The molecule has 0 radical (unpaired) electrons. The summed E-state index contributed by atoms with van der Waals surface area (Å²) < 4.78 is 60.6. The Hall–Kier alpha value is -2.91. The second kappa shape index (κ2) is 13.4. The highest BCUT2D eigenvalue weighted by Gasteiger charge is 2.39. The Morgan fingerprint density at radius 1 is 1.11 bits per heavy atom. The molecule has 0 N–H and O–H groups in total. The van der Waals surface area contributed by atoms with Crippen molar-refractivity contribution in [3.05, 3.63) is 61.3 Å². The van der Waals surface area contributed by atoms with Crippen LogP contribution in [0.3, 0.4) is 0 Å². The molecule has 0 spiro atoms. The molecule has 0 aliphatic carbocycles. The van der Waals surface area contributed by atoms with Crippen LogP contribution in [-0.2, 0) is 19.5 Å². The molecule has 2 amide bonds. The molecule has 1 unspecified atom stereocenters. The van der Waals surface area contributed by atoms with Crippen molar-refractivity contribution >= 4 is 79.5 Å². The van der Waals surface area contributed by atoms with Gasteiger partial charge in [-0.3, -0.25) is 4.90 Å². The topological polar surface area (TPSA) is 115 Å². The van der Waals surface area contributed by atoms with Crippen LogP contribution in [0.15, 0.2) is 46.1 Å². The molecule has 3 aromatic rings. The van der Waals surface area contributed by atoms with Crippen LogP contribution in [0.4, 0.5) is 19.8 Å². The second-order valence-electron chi connectivity index (χ2n) is 11.9. The van der Waals surface area contributed by atoms with Crippen LogP contribution in [0.2, 0.25) is 9.36 Å². The highest BCUT2D eigenvalue weighted by atomic mass is 35.5. The Labute approximate surface area is 279 Å². The van der Waals surface area contributed by atoms with Crippen molar-refractivity contribution in [3.63, 3.8) is 0 Å². The van der Waals surface area contributed by atoms with Gasteiger partial charge in [-0.1, -0.05) is 29.3 Å². The zero-order chi connectivity index (χ0) is 33.3. The molecular formula is C29H32Cl2FN3O7S3. The van der Waals surface area contributed by atoms with E-state index in [1.54, 1.807) is 47.6 Å². The van der Waals surface area contributed by atoms with Crippen molar-refractivity contribution < 1.29 is 36.6 Å². The first kappa shape index (κ1) is 35.0. The molecule has 10 nitrogen and oxygen atoms in total. The molecule has 1 aromatic carbocycles. The number of hydrogen-bond acceptors (Lipinski definition) is 10. The first-order valence-electron chi connectivity index (χ1n) is 13.6. The van der Waals surface area contributed by atoms with E-state index in [0.29, 0.717) is 17.3 Å². The van der Waals surface area contributed by atoms with Crippen LogP contribution in [-0.4, -0.2) is 60.9 Å². The third-order valence-electron chi connectivity index (χ3n) is 6.04. The monoisotopic (exact) mass is 719 g/mol. The van der Waals surface area contributed by atoms with E-state index in [0.717, 1.165) is 33.9 Å². The van der Waals surface area contributed by atoms with Gasteiger partial charge >= 0.3 is 12.2 Å². The van der Waals surface area contributed by atoms with Crippen LogP contribution in [0.25, 0.3) is 5.57 Å². The number of anilines is 1. The molecular weight excluding hydrogens is 688 g/mol. The predicted molar refractivity (Wildman–Crippen MR) is 174 cm³/mol. The minimum atomic E-state index is -4.88. The van der Waals surface area contributed by atoms with E-state index in [4.69, 9.17) is 37.4 Å². The number of hydrogen-bond donors (Lipinski definition) is 0. The summed E-state index contributed by atoms with van der Waals surface area (Å²) in [7, 11) is -4.88. The van der Waals surface area contributed by atoms with Crippen LogP contribution in [0.1, 0.15) is 52.8 Å². The van der Waals surface area contributed by atoms with Crippen molar-refractivity contribution in [1.82, 2.24) is 9.88 Å². The van der Waals surface area contributed by atoms with E-state index in [-0.39, 0.29) is 27.5 Å². The number of sulfonamides is 1. The molecule has 0 saturated heterocycles. The normalized spacial score (nSPS) is 15.8. The smallest absolute Gasteiger partial charge is 0.430 e. The van der Waals surface area contributed by atoms with Gasteiger partial charge in [0.25, 0.3) is 10.0 Å². The summed E-state index contributed by atoms with van der Waals surface area (Å²) in [4.78, 5) is 31.5. The number of thiazole rings is 1.